The fourth-order valence-electron chi connectivity index (χ4n) is 2.37. The maximum atomic E-state index is 6.18. The molecule has 0 bridgehead atoms. The van der Waals surface area contributed by atoms with Gasteiger partial charge in [-0.15, -0.1) is 0 Å². The van der Waals surface area contributed by atoms with Gasteiger partial charge < -0.3 is 0 Å². The average molecular weight is 311 g/mol. The highest BCUT2D eigenvalue weighted by atomic mass is 35.5. The van der Waals surface area contributed by atoms with Crippen LogP contribution < -0.4 is 15.9 Å². The molecule has 0 radical (unpaired) electrons. The van der Waals surface area contributed by atoms with Crippen molar-refractivity contribution in [2.45, 2.75) is 6.92 Å². The van der Waals surface area contributed by atoms with Crippen molar-refractivity contribution in [1.29, 1.82) is 0 Å². The Morgan fingerprint density at radius 3 is 1.67 bits per heavy atom. The van der Waals surface area contributed by atoms with E-state index in [1.165, 1.54) is 15.9 Å². The number of rotatable bonds is 3. The van der Waals surface area contributed by atoms with Crippen LogP contribution in [-0.4, -0.2) is 0 Å². The van der Waals surface area contributed by atoms with Gasteiger partial charge in [-0.2, -0.15) is 0 Å². The summed E-state index contributed by atoms with van der Waals surface area (Å²) < 4.78 is 0. The summed E-state index contributed by atoms with van der Waals surface area (Å²) in [7, 11) is -0.533. The molecule has 2 heteroatoms. The molecule has 0 atom stereocenters. The topological polar surface area (TPSA) is 0 Å². The van der Waals surface area contributed by atoms with E-state index in [9.17, 15) is 0 Å². The third-order valence-corrected chi connectivity index (χ3v) is 6.28. The van der Waals surface area contributed by atoms with Crippen molar-refractivity contribution in [3.8, 4) is 0 Å². The van der Waals surface area contributed by atoms with Crippen LogP contribution in [0.2, 0.25) is 5.02 Å². The Kier molecular flexibility index (Phi) is 4.39. The van der Waals surface area contributed by atoms with Gasteiger partial charge in [0.2, 0.25) is 0 Å². The maximum absolute atomic E-state index is 6.18. The highest BCUT2D eigenvalue weighted by Gasteiger charge is 2.16. The summed E-state index contributed by atoms with van der Waals surface area (Å²) in [4.78, 5) is 0. The lowest BCUT2D eigenvalue weighted by atomic mass is 10.2. The van der Waals surface area contributed by atoms with Gasteiger partial charge in [0.25, 0.3) is 0 Å². The van der Waals surface area contributed by atoms with Crippen molar-refractivity contribution in [2.75, 3.05) is 0 Å². The average Bonchev–Trinajstić information content (AvgIpc) is 2.53. The Hall–Kier alpha value is -1.62. The first kappa shape index (κ1) is 14.3. The molecule has 3 aromatic rings. The van der Waals surface area contributed by atoms with Crippen molar-refractivity contribution in [1.82, 2.24) is 0 Å². The summed E-state index contributed by atoms with van der Waals surface area (Å²) >= 11 is 6.18. The molecule has 21 heavy (non-hydrogen) atoms. The molecule has 0 nitrogen and oxygen atoms in total. The summed E-state index contributed by atoms with van der Waals surface area (Å²) in [6.07, 6.45) is 0. The highest BCUT2D eigenvalue weighted by molar-refractivity contribution is 7.79. The van der Waals surface area contributed by atoms with Gasteiger partial charge in [0.1, 0.15) is 0 Å². The molecule has 0 amide bonds. The van der Waals surface area contributed by atoms with Crippen LogP contribution in [0.4, 0.5) is 0 Å². The van der Waals surface area contributed by atoms with Gasteiger partial charge in [0.05, 0.1) is 0 Å². The SMILES string of the molecule is Cc1cc(P(c2ccccc2)c2ccccc2)ccc1Cl. The second-order valence-electron chi connectivity index (χ2n) is 4.94. The lowest BCUT2D eigenvalue weighted by Gasteiger charge is -2.20. The molecule has 0 aliphatic heterocycles. The van der Waals surface area contributed by atoms with E-state index >= 15 is 0 Å². The van der Waals surface area contributed by atoms with Crippen LogP contribution in [0.1, 0.15) is 5.56 Å². The smallest absolute Gasteiger partial charge is 0.0435 e. The van der Waals surface area contributed by atoms with Gasteiger partial charge in [-0.1, -0.05) is 78.3 Å². The van der Waals surface area contributed by atoms with Crippen LogP contribution in [0.25, 0.3) is 0 Å². The molecule has 0 saturated carbocycles. The zero-order chi connectivity index (χ0) is 14.7. The highest BCUT2D eigenvalue weighted by Crippen LogP contribution is 2.33. The molecular formula is C19H16ClP. The van der Waals surface area contributed by atoms with Gasteiger partial charge in [0.15, 0.2) is 0 Å². The Balaban J connectivity index is 2.14. The summed E-state index contributed by atoms with van der Waals surface area (Å²) in [5, 5.41) is 4.89. The molecule has 0 N–H and O–H groups in total. The van der Waals surface area contributed by atoms with E-state index in [2.05, 4.69) is 79.7 Å². The molecule has 3 aromatic carbocycles. The molecule has 0 aliphatic rings. The Labute approximate surface area is 132 Å². The van der Waals surface area contributed by atoms with Gasteiger partial charge in [-0.25, -0.2) is 0 Å². The third kappa shape index (κ3) is 3.18. The molecular weight excluding hydrogens is 295 g/mol. The van der Waals surface area contributed by atoms with E-state index in [0.29, 0.717) is 0 Å². The van der Waals surface area contributed by atoms with Crippen molar-refractivity contribution in [2.24, 2.45) is 0 Å². The van der Waals surface area contributed by atoms with E-state index in [-0.39, 0.29) is 0 Å². The molecule has 0 aliphatic carbocycles. The van der Waals surface area contributed by atoms with Gasteiger partial charge >= 0.3 is 0 Å². The first-order valence-corrected chi connectivity index (χ1v) is 8.64. The molecule has 0 spiro atoms. The first-order chi connectivity index (χ1) is 10.3. The molecule has 0 heterocycles. The van der Waals surface area contributed by atoms with Gasteiger partial charge in [-0.05, 0) is 48.5 Å². The van der Waals surface area contributed by atoms with Crippen LogP contribution in [0.3, 0.4) is 0 Å². The predicted octanol–water partition coefficient (Wildman–Crippen LogP) is 4.41. The van der Waals surface area contributed by atoms with Crippen LogP contribution in [0.5, 0.6) is 0 Å². The Morgan fingerprint density at radius 2 is 1.19 bits per heavy atom. The van der Waals surface area contributed by atoms with Gasteiger partial charge in [0, 0.05) is 5.02 Å². The fourth-order valence-corrected chi connectivity index (χ4v) is 4.87. The third-order valence-electron chi connectivity index (χ3n) is 3.43. The van der Waals surface area contributed by atoms with E-state index in [4.69, 9.17) is 11.6 Å². The normalized spacial score (nSPS) is 10.8. The number of aryl methyl sites for hydroxylation is 1. The van der Waals surface area contributed by atoms with Crippen LogP contribution >= 0.6 is 19.5 Å². The molecule has 0 saturated heterocycles. The van der Waals surface area contributed by atoms with Crippen LogP contribution in [-0.2, 0) is 0 Å². The lowest BCUT2D eigenvalue weighted by Crippen LogP contribution is -2.20. The fraction of sp³-hybridized carbons (Fsp3) is 0.0526. The maximum Gasteiger partial charge on any atom is 0.0435 e. The summed E-state index contributed by atoms with van der Waals surface area (Å²) in [5.41, 5.74) is 1.13. The minimum atomic E-state index is -0.533. The van der Waals surface area contributed by atoms with E-state index < -0.39 is 7.92 Å². The number of hydrogen-bond acceptors (Lipinski definition) is 0. The molecule has 0 aromatic heterocycles. The van der Waals surface area contributed by atoms with Crippen LogP contribution in [0.15, 0.2) is 78.9 Å². The van der Waals surface area contributed by atoms with Crippen molar-refractivity contribution in [3.05, 3.63) is 89.4 Å². The largest absolute Gasteiger partial charge is 0.0841 e. The molecule has 3 rings (SSSR count). The Morgan fingerprint density at radius 1 is 0.667 bits per heavy atom. The summed E-state index contributed by atoms with van der Waals surface area (Å²) in [5.74, 6) is 0. The number of hydrogen-bond donors (Lipinski definition) is 0. The molecule has 104 valence electrons. The van der Waals surface area contributed by atoms with Gasteiger partial charge in [-0.3, -0.25) is 0 Å². The minimum absolute atomic E-state index is 0.533. The molecule has 0 unspecified atom stereocenters. The standard InChI is InChI=1S/C19H16ClP/c1-15-14-18(12-13-19(15)20)21(16-8-4-2-5-9-16)17-10-6-3-7-11-17/h2-14H,1H3. The van der Waals surface area contributed by atoms with E-state index in [0.717, 1.165) is 10.6 Å². The second kappa shape index (κ2) is 6.43. The first-order valence-electron chi connectivity index (χ1n) is 6.92. The second-order valence-corrected chi connectivity index (χ2v) is 7.57. The Bertz CT molecular complexity index is 684. The zero-order valence-corrected chi connectivity index (χ0v) is 13.5. The molecule has 0 fully saturated rings. The van der Waals surface area contributed by atoms with E-state index in [1.807, 2.05) is 6.07 Å². The zero-order valence-electron chi connectivity index (χ0n) is 11.8. The van der Waals surface area contributed by atoms with Crippen molar-refractivity contribution < 1.29 is 0 Å². The van der Waals surface area contributed by atoms with Crippen molar-refractivity contribution in [3.63, 3.8) is 0 Å². The minimum Gasteiger partial charge on any atom is -0.0841 e. The number of benzene rings is 3. The van der Waals surface area contributed by atoms with Crippen molar-refractivity contribution >= 4 is 35.4 Å². The lowest BCUT2D eigenvalue weighted by molar-refractivity contribution is 1.49. The van der Waals surface area contributed by atoms with E-state index in [1.54, 1.807) is 0 Å². The summed E-state index contributed by atoms with van der Waals surface area (Å²) in [6, 6.07) is 27.8. The van der Waals surface area contributed by atoms with Crippen LogP contribution in [0, 0.1) is 6.92 Å². The quantitative estimate of drug-likeness (QED) is 0.629. The number of halogens is 1. The predicted molar refractivity (Wildman–Crippen MR) is 94.9 cm³/mol. The summed E-state index contributed by atoms with van der Waals surface area (Å²) in [6.45, 7) is 2.06. The monoisotopic (exact) mass is 310 g/mol.